The predicted molar refractivity (Wildman–Crippen MR) is 104 cm³/mol. The molecule has 2 atom stereocenters. The van der Waals surface area contributed by atoms with Crippen molar-refractivity contribution in [1.29, 1.82) is 0 Å². The van der Waals surface area contributed by atoms with Crippen molar-refractivity contribution in [2.45, 2.75) is 73.3 Å². The Morgan fingerprint density at radius 3 is 2.12 bits per heavy atom. The third kappa shape index (κ3) is 4.67. The standard InChI is InChI=1S/C22H32O4/c1-13(2)8-10-17-21(25)20(18(23)12-15(5)6)16(7)22(17,26)19(24)11-9-14(3)4/h8-9,15,17,26H,10-12H2,1-7H3/t17-,22-/m0/s1. The summed E-state index contributed by atoms with van der Waals surface area (Å²) in [5, 5.41) is 11.3. The topological polar surface area (TPSA) is 71.4 Å². The molecule has 0 heterocycles. The molecule has 0 saturated heterocycles. The van der Waals surface area contributed by atoms with Crippen molar-refractivity contribution in [2.75, 3.05) is 0 Å². The minimum absolute atomic E-state index is 0.0268. The fourth-order valence-corrected chi connectivity index (χ4v) is 3.31. The molecule has 1 aliphatic rings. The van der Waals surface area contributed by atoms with E-state index in [4.69, 9.17) is 0 Å². The van der Waals surface area contributed by atoms with Crippen LogP contribution in [0.4, 0.5) is 0 Å². The molecule has 26 heavy (non-hydrogen) atoms. The van der Waals surface area contributed by atoms with E-state index in [0.29, 0.717) is 0 Å². The summed E-state index contributed by atoms with van der Waals surface area (Å²) < 4.78 is 0. The first-order valence-corrected chi connectivity index (χ1v) is 9.24. The molecule has 0 aromatic heterocycles. The molecule has 0 aliphatic heterocycles. The van der Waals surface area contributed by atoms with Gasteiger partial charge < -0.3 is 5.11 Å². The molecule has 4 nitrogen and oxygen atoms in total. The Labute approximate surface area is 157 Å². The Morgan fingerprint density at radius 2 is 1.65 bits per heavy atom. The summed E-state index contributed by atoms with van der Waals surface area (Å²) in [5.41, 5.74) is 0.296. The number of carbonyl (C=O) groups is 3. The Kier molecular flexibility index (Phi) is 7.45. The van der Waals surface area contributed by atoms with Crippen molar-refractivity contribution in [3.05, 3.63) is 34.4 Å². The molecule has 1 N–H and O–H groups in total. The zero-order valence-corrected chi connectivity index (χ0v) is 17.1. The van der Waals surface area contributed by atoms with Crippen LogP contribution in [0.3, 0.4) is 0 Å². The number of hydrogen-bond donors (Lipinski definition) is 1. The molecule has 4 heteroatoms. The lowest BCUT2D eigenvalue weighted by Crippen LogP contribution is -2.45. The zero-order valence-electron chi connectivity index (χ0n) is 17.1. The number of ketones is 3. The molecule has 1 aliphatic carbocycles. The van der Waals surface area contributed by atoms with Gasteiger partial charge in [0.15, 0.2) is 23.0 Å². The van der Waals surface area contributed by atoms with Gasteiger partial charge in [-0.2, -0.15) is 0 Å². The molecule has 1 rings (SSSR count). The minimum atomic E-state index is -1.91. The van der Waals surface area contributed by atoms with Crippen LogP contribution in [-0.4, -0.2) is 28.1 Å². The summed E-state index contributed by atoms with van der Waals surface area (Å²) in [6, 6.07) is 0. The van der Waals surface area contributed by atoms with Crippen LogP contribution in [0, 0.1) is 11.8 Å². The Hall–Kier alpha value is -1.81. The van der Waals surface area contributed by atoms with Gasteiger partial charge in [-0.15, -0.1) is 0 Å². The minimum Gasteiger partial charge on any atom is -0.377 e. The molecule has 0 aromatic rings. The Morgan fingerprint density at radius 1 is 1.12 bits per heavy atom. The first kappa shape index (κ1) is 22.2. The van der Waals surface area contributed by atoms with Gasteiger partial charge in [-0.25, -0.2) is 0 Å². The van der Waals surface area contributed by atoms with Gasteiger partial charge in [0.1, 0.15) is 0 Å². The second-order valence-corrected chi connectivity index (χ2v) is 8.13. The lowest BCUT2D eigenvalue weighted by atomic mass is 9.79. The van der Waals surface area contributed by atoms with E-state index in [1.807, 2.05) is 47.6 Å². The van der Waals surface area contributed by atoms with Crippen LogP contribution in [0.1, 0.15) is 67.7 Å². The molecular weight excluding hydrogens is 328 g/mol. The second kappa shape index (κ2) is 8.72. The lowest BCUT2D eigenvalue weighted by molar-refractivity contribution is -0.141. The van der Waals surface area contributed by atoms with Gasteiger partial charge in [0.05, 0.1) is 11.5 Å². The predicted octanol–water partition coefficient (Wildman–Crippen LogP) is 4.13. The molecule has 0 spiro atoms. The third-order valence-electron chi connectivity index (χ3n) is 4.77. The third-order valence-corrected chi connectivity index (χ3v) is 4.77. The molecular formula is C22H32O4. The van der Waals surface area contributed by atoms with E-state index in [1.165, 1.54) is 0 Å². The molecule has 0 saturated carbocycles. The number of hydrogen-bond acceptors (Lipinski definition) is 4. The van der Waals surface area contributed by atoms with Crippen LogP contribution in [0.5, 0.6) is 0 Å². The highest BCUT2D eigenvalue weighted by molar-refractivity contribution is 6.26. The fraction of sp³-hybridized carbons (Fsp3) is 0.591. The molecule has 0 aromatic carbocycles. The summed E-state index contributed by atoms with van der Waals surface area (Å²) >= 11 is 0. The maximum atomic E-state index is 13.0. The van der Waals surface area contributed by atoms with Crippen LogP contribution >= 0.6 is 0 Å². The van der Waals surface area contributed by atoms with E-state index >= 15 is 0 Å². The maximum Gasteiger partial charge on any atom is 0.173 e. The summed E-state index contributed by atoms with van der Waals surface area (Å²) in [7, 11) is 0. The first-order chi connectivity index (χ1) is 11.9. The zero-order chi connectivity index (χ0) is 20.2. The van der Waals surface area contributed by atoms with E-state index < -0.39 is 23.1 Å². The highest BCUT2D eigenvalue weighted by Gasteiger charge is 2.55. The van der Waals surface area contributed by atoms with Crippen LogP contribution in [0.25, 0.3) is 0 Å². The molecule has 0 bridgehead atoms. The highest BCUT2D eigenvalue weighted by Crippen LogP contribution is 2.42. The largest absolute Gasteiger partial charge is 0.377 e. The number of Topliss-reactive ketones (excluding diaryl/α,β-unsaturated/α-hetero) is 3. The highest BCUT2D eigenvalue weighted by atomic mass is 16.3. The van der Waals surface area contributed by atoms with E-state index in [-0.39, 0.29) is 42.1 Å². The van der Waals surface area contributed by atoms with E-state index in [0.717, 1.165) is 11.1 Å². The lowest BCUT2D eigenvalue weighted by Gasteiger charge is -2.29. The van der Waals surface area contributed by atoms with Crippen molar-refractivity contribution in [2.24, 2.45) is 11.8 Å². The molecule has 0 amide bonds. The van der Waals surface area contributed by atoms with Gasteiger partial charge >= 0.3 is 0 Å². The second-order valence-electron chi connectivity index (χ2n) is 8.13. The van der Waals surface area contributed by atoms with Gasteiger partial charge in [-0.05, 0) is 52.5 Å². The van der Waals surface area contributed by atoms with E-state index in [1.54, 1.807) is 13.0 Å². The van der Waals surface area contributed by atoms with E-state index in [9.17, 15) is 19.5 Å². The summed E-state index contributed by atoms with van der Waals surface area (Å²) in [6.45, 7) is 12.9. The van der Waals surface area contributed by atoms with Crippen molar-refractivity contribution in [1.82, 2.24) is 0 Å². The van der Waals surface area contributed by atoms with Crippen LogP contribution in [-0.2, 0) is 14.4 Å². The fourth-order valence-electron chi connectivity index (χ4n) is 3.31. The summed E-state index contributed by atoms with van der Waals surface area (Å²) in [5.74, 6) is -1.94. The van der Waals surface area contributed by atoms with Crippen molar-refractivity contribution < 1.29 is 19.5 Å². The van der Waals surface area contributed by atoms with Crippen molar-refractivity contribution >= 4 is 17.3 Å². The number of rotatable bonds is 8. The van der Waals surface area contributed by atoms with Gasteiger partial charge in [-0.1, -0.05) is 37.1 Å². The molecule has 0 fully saturated rings. The monoisotopic (exact) mass is 360 g/mol. The molecule has 144 valence electrons. The quantitative estimate of drug-likeness (QED) is 0.522. The van der Waals surface area contributed by atoms with Gasteiger partial charge in [0.25, 0.3) is 0 Å². The smallest absolute Gasteiger partial charge is 0.173 e. The Bertz CT molecular complexity index is 683. The maximum absolute atomic E-state index is 13.0. The number of aliphatic hydroxyl groups is 1. The van der Waals surface area contributed by atoms with Gasteiger partial charge in [0.2, 0.25) is 0 Å². The Balaban J connectivity index is 3.41. The number of carbonyl (C=O) groups excluding carboxylic acids is 3. The average molecular weight is 360 g/mol. The van der Waals surface area contributed by atoms with Crippen LogP contribution < -0.4 is 0 Å². The normalized spacial score (nSPS) is 22.7. The van der Waals surface area contributed by atoms with E-state index in [2.05, 4.69) is 0 Å². The SMILES string of the molecule is CC(C)=CCC(=O)[C@]1(O)C(C)=C(C(=O)CC(C)C)C(=O)[C@@H]1CC=C(C)C. The first-order valence-electron chi connectivity index (χ1n) is 9.24. The summed E-state index contributed by atoms with van der Waals surface area (Å²) in [6.07, 6.45) is 4.09. The van der Waals surface area contributed by atoms with Crippen LogP contribution in [0.15, 0.2) is 34.4 Å². The average Bonchev–Trinajstić information content (AvgIpc) is 2.69. The van der Waals surface area contributed by atoms with Crippen molar-refractivity contribution in [3.8, 4) is 0 Å². The number of allylic oxidation sites excluding steroid dienone is 5. The van der Waals surface area contributed by atoms with Gasteiger partial charge in [0, 0.05) is 12.8 Å². The summed E-state index contributed by atoms with van der Waals surface area (Å²) in [4.78, 5) is 38.4. The molecule has 0 unspecified atom stereocenters. The van der Waals surface area contributed by atoms with Crippen molar-refractivity contribution in [3.63, 3.8) is 0 Å². The molecule has 0 radical (unpaired) electrons. The van der Waals surface area contributed by atoms with Crippen LogP contribution in [0.2, 0.25) is 0 Å². The van der Waals surface area contributed by atoms with Gasteiger partial charge in [-0.3, -0.25) is 14.4 Å².